The van der Waals surface area contributed by atoms with E-state index >= 15 is 0 Å². The Kier molecular flexibility index (Phi) is 34.1. The van der Waals surface area contributed by atoms with Gasteiger partial charge in [0.25, 0.3) is 0 Å². The average molecular weight is 754 g/mol. The van der Waals surface area contributed by atoms with Gasteiger partial charge in [-0.1, -0.05) is 146 Å². The van der Waals surface area contributed by atoms with E-state index < -0.39 is 20.0 Å². The fraction of sp³-hybridized carbons (Fsp3) is 0.791. The minimum atomic E-state index is -4.35. The summed E-state index contributed by atoms with van der Waals surface area (Å²) in [5, 5.41) is 13.8. The Balaban J connectivity index is 4.57. The SMILES string of the molecule is CCCCC/C=C\C/C=C\CCCCCCCC(=O)NC(COP(=O)(O)OCC[N+](C)(C)C)C(O)/C=C/CC/C=C/CCCCCCCCCCC. The van der Waals surface area contributed by atoms with Crippen LogP contribution in [0.3, 0.4) is 0 Å². The first kappa shape index (κ1) is 50.5. The first-order chi connectivity index (χ1) is 25.0. The van der Waals surface area contributed by atoms with E-state index in [0.717, 1.165) is 64.2 Å². The number of likely N-dealkylation sites (N-methyl/N-ethyl adjacent to an activating group) is 1. The van der Waals surface area contributed by atoms with Crippen molar-refractivity contribution in [3.8, 4) is 0 Å². The van der Waals surface area contributed by atoms with Crippen molar-refractivity contribution in [2.24, 2.45) is 0 Å². The van der Waals surface area contributed by atoms with Crippen LogP contribution in [0.5, 0.6) is 0 Å². The second kappa shape index (κ2) is 35.2. The third kappa shape index (κ3) is 36.8. The lowest BCUT2D eigenvalue weighted by Crippen LogP contribution is -2.45. The van der Waals surface area contributed by atoms with E-state index in [9.17, 15) is 19.4 Å². The van der Waals surface area contributed by atoms with Crippen LogP contribution in [0.25, 0.3) is 0 Å². The van der Waals surface area contributed by atoms with Crippen LogP contribution in [0.2, 0.25) is 0 Å². The molecular weight excluding hydrogens is 671 g/mol. The Morgan fingerprint density at radius 3 is 1.69 bits per heavy atom. The number of hydrogen-bond donors (Lipinski definition) is 3. The van der Waals surface area contributed by atoms with Crippen molar-refractivity contribution in [3.63, 3.8) is 0 Å². The smallest absolute Gasteiger partial charge is 0.387 e. The van der Waals surface area contributed by atoms with E-state index in [1.165, 1.54) is 83.5 Å². The maximum absolute atomic E-state index is 12.8. The highest BCUT2D eigenvalue weighted by molar-refractivity contribution is 7.47. The van der Waals surface area contributed by atoms with Gasteiger partial charge < -0.3 is 19.8 Å². The molecule has 8 nitrogen and oxygen atoms in total. The second-order valence-electron chi connectivity index (χ2n) is 15.4. The number of aliphatic hydroxyl groups excluding tert-OH is 1. The summed E-state index contributed by atoms with van der Waals surface area (Å²) in [7, 11) is 1.54. The molecule has 3 N–H and O–H groups in total. The number of amides is 1. The molecule has 0 bridgehead atoms. The van der Waals surface area contributed by atoms with Gasteiger partial charge in [0.2, 0.25) is 5.91 Å². The van der Waals surface area contributed by atoms with Crippen molar-refractivity contribution in [1.82, 2.24) is 5.32 Å². The van der Waals surface area contributed by atoms with Gasteiger partial charge in [-0.2, -0.15) is 0 Å². The maximum Gasteiger partial charge on any atom is 0.472 e. The summed E-state index contributed by atoms with van der Waals surface area (Å²) in [6.45, 7) is 4.73. The molecule has 0 aliphatic heterocycles. The molecule has 3 atom stereocenters. The largest absolute Gasteiger partial charge is 0.472 e. The predicted octanol–water partition coefficient (Wildman–Crippen LogP) is 11.3. The van der Waals surface area contributed by atoms with Crippen LogP contribution in [0.1, 0.15) is 168 Å². The molecule has 0 aliphatic rings. The van der Waals surface area contributed by atoms with Gasteiger partial charge in [-0.3, -0.25) is 13.8 Å². The zero-order valence-corrected chi connectivity index (χ0v) is 35.2. The number of carbonyl (C=O) groups excluding carboxylic acids is 1. The molecule has 0 rings (SSSR count). The standard InChI is InChI=1S/C43H81N2O6P/c1-6-8-10-12-14-16-18-20-22-24-26-28-30-32-34-36-42(46)41(40-51-52(48,49)50-39-38-45(3,4)5)44-43(47)37-35-33-31-29-27-25-23-21-19-17-15-13-11-9-7-2/h15,17,21,23,26,28,34,36,41-42,46H,6-14,16,18-20,22,24-25,27,29-33,35,37-40H2,1-5H3,(H-,44,47,48,49)/p+1/b17-15-,23-21-,28-26+,36-34+. The van der Waals surface area contributed by atoms with Crippen LogP contribution in [0.4, 0.5) is 0 Å². The van der Waals surface area contributed by atoms with Crippen molar-refractivity contribution < 1.29 is 32.9 Å². The fourth-order valence-electron chi connectivity index (χ4n) is 5.61. The minimum absolute atomic E-state index is 0.0518. The summed E-state index contributed by atoms with van der Waals surface area (Å²) in [6, 6.07) is -0.869. The molecule has 0 aliphatic carbocycles. The zero-order valence-electron chi connectivity index (χ0n) is 34.3. The third-order valence-corrected chi connectivity index (χ3v) is 10.0. The Bertz CT molecular complexity index is 991. The molecule has 0 aromatic rings. The van der Waals surface area contributed by atoms with Crippen molar-refractivity contribution >= 4 is 13.7 Å². The van der Waals surface area contributed by atoms with E-state index in [0.29, 0.717) is 17.4 Å². The zero-order chi connectivity index (χ0) is 38.6. The second-order valence-corrected chi connectivity index (χ2v) is 16.8. The molecule has 52 heavy (non-hydrogen) atoms. The van der Waals surface area contributed by atoms with E-state index in [4.69, 9.17) is 9.05 Å². The average Bonchev–Trinajstić information content (AvgIpc) is 3.09. The molecule has 0 aromatic heterocycles. The van der Waals surface area contributed by atoms with Gasteiger partial charge in [-0.25, -0.2) is 4.57 Å². The van der Waals surface area contributed by atoms with Crippen molar-refractivity contribution in [2.45, 2.75) is 180 Å². The van der Waals surface area contributed by atoms with Crippen LogP contribution < -0.4 is 5.32 Å². The Labute approximate surface area is 320 Å². The number of nitrogens with one attached hydrogen (secondary N) is 1. The van der Waals surface area contributed by atoms with Crippen molar-refractivity contribution in [3.05, 3.63) is 48.6 Å². The van der Waals surface area contributed by atoms with Crippen molar-refractivity contribution in [2.75, 3.05) is 40.9 Å². The van der Waals surface area contributed by atoms with E-state index in [2.05, 4.69) is 55.6 Å². The molecule has 0 fully saturated rings. The molecule has 1 amide bonds. The highest BCUT2D eigenvalue weighted by Crippen LogP contribution is 2.43. The number of quaternary nitrogens is 1. The number of hydrogen-bond acceptors (Lipinski definition) is 5. The Morgan fingerprint density at radius 1 is 0.654 bits per heavy atom. The van der Waals surface area contributed by atoms with Gasteiger partial charge in [-0.15, -0.1) is 0 Å². The van der Waals surface area contributed by atoms with Crippen LogP contribution in [-0.2, 0) is 18.4 Å². The first-order valence-electron chi connectivity index (χ1n) is 21.0. The predicted molar refractivity (Wildman–Crippen MR) is 221 cm³/mol. The summed E-state index contributed by atoms with van der Waals surface area (Å²) in [5.74, 6) is -0.204. The molecule has 0 saturated carbocycles. The first-order valence-corrected chi connectivity index (χ1v) is 22.5. The summed E-state index contributed by atoms with van der Waals surface area (Å²) in [4.78, 5) is 23.0. The number of nitrogens with zero attached hydrogens (tertiary/aromatic N) is 1. The normalized spacial score (nSPS) is 15.0. The van der Waals surface area contributed by atoms with Gasteiger partial charge in [-0.05, 0) is 64.2 Å². The van der Waals surface area contributed by atoms with Crippen LogP contribution in [0, 0.1) is 0 Å². The van der Waals surface area contributed by atoms with Crippen LogP contribution in [0.15, 0.2) is 48.6 Å². The maximum atomic E-state index is 12.8. The molecular formula is C43H82N2O6P+. The van der Waals surface area contributed by atoms with Gasteiger partial charge >= 0.3 is 7.82 Å². The number of carbonyl (C=O) groups is 1. The summed E-state index contributed by atoms with van der Waals surface area (Å²) in [5.41, 5.74) is 0. The minimum Gasteiger partial charge on any atom is -0.387 e. The molecule has 0 spiro atoms. The number of rotatable bonds is 37. The lowest BCUT2D eigenvalue weighted by atomic mass is 10.1. The van der Waals surface area contributed by atoms with Gasteiger partial charge in [0.15, 0.2) is 0 Å². The van der Waals surface area contributed by atoms with Crippen molar-refractivity contribution in [1.29, 1.82) is 0 Å². The highest BCUT2D eigenvalue weighted by Gasteiger charge is 2.27. The number of aliphatic hydroxyl groups is 1. The van der Waals surface area contributed by atoms with E-state index in [-0.39, 0.29) is 19.1 Å². The molecule has 0 aromatic carbocycles. The van der Waals surface area contributed by atoms with Gasteiger partial charge in [0, 0.05) is 6.42 Å². The van der Waals surface area contributed by atoms with E-state index in [1.807, 2.05) is 27.2 Å². The Hall–Kier alpha value is -1.54. The number of phosphoric acid groups is 1. The van der Waals surface area contributed by atoms with Gasteiger partial charge in [0.05, 0.1) is 39.9 Å². The number of allylic oxidation sites excluding steroid dienone is 7. The fourth-order valence-corrected chi connectivity index (χ4v) is 6.35. The highest BCUT2D eigenvalue weighted by atomic mass is 31.2. The number of unbranched alkanes of at least 4 members (excludes halogenated alkanes) is 18. The Morgan fingerprint density at radius 2 is 1.12 bits per heavy atom. The molecule has 3 unspecified atom stereocenters. The summed E-state index contributed by atoms with van der Waals surface area (Å²) in [6.07, 6.45) is 43.2. The third-order valence-electron chi connectivity index (χ3n) is 9.02. The molecule has 0 heterocycles. The molecule has 9 heteroatoms. The summed E-state index contributed by atoms with van der Waals surface area (Å²) >= 11 is 0. The lowest BCUT2D eigenvalue weighted by Gasteiger charge is -2.25. The molecule has 0 radical (unpaired) electrons. The molecule has 304 valence electrons. The lowest BCUT2D eigenvalue weighted by molar-refractivity contribution is -0.870. The van der Waals surface area contributed by atoms with Crippen LogP contribution >= 0.6 is 7.82 Å². The number of phosphoric ester groups is 1. The molecule has 0 saturated heterocycles. The quantitative estimate of drug-likeness (QED) is 0.0252. The topological polar surface area (TPSA) is 105 Å². The summed E-state index contributed by atoms with van der Waals surface area (Å²) < 4.78 is 23.5. The van der Waals surface area contributed by atoms with Crippen LogP contribution in [-0.4, -0.2) is 73.4 Å². The van der Waals surface area contributed by atoms with Gasteiger partial charge in [0.1, 0.15) is 13.2 Å². The monoisotopic (exact) mass is 754 g/mol. The van der Waals surface area contributed by atoms with E-state index in [1.54, 1.807) is 6.08 Å².